The van der Waals surface area contributed by atoms with Gasteiger partial charge in [-0.05, 0) is 42.3 Å². The topological polar surface area (TPSA) is 68.0 Å². The maximum atomic E-state index is 12.0. The lowest BCUT2D eigenvalue weighted by atomic mass is 10.3. The van der Waals surface area contributed by atoms with E-state index in [1.54, 1.807) is 17.4 Å². The van der Waals surface area contributed by atoms with E-state index in [-0.39, 0.29) is 11.9 Å². The summed E-state index contributed by atoms with van der Waals surface area (Å²) in [6.45, 7) is 3.84. The Morgan fingerprint density at radius 1 is 1.38 bits per heavy atom. The van der Waals surface area contributed by atoms with Gasteiger partial charge in [0, 0.05) is 0 Å². The molecular weight excluding hydrogens is 306 g/mol. The molecule has 0 aliphatic heterocycles. The van der Waals surface area contributed by atoms with Gasteiger partial charge in [0.25, 0.3) is 11.8 Å². The lowest BCUT2D eigenvalue weighted by molar-refractivity contribution is 0.0938. The van der Waals surface area contributed by atoms with E-state index in [0.29, 0.717) is 16.7 Å². The Bertz CT molecular complexity index is 746. The number of rotatable bonds is 4. The third-order valence-electron chi connectivity index (χ3n) is 2.84. The third kappa shape index (κ3) is 3.03. The molecular formula is C14H13N3O2S2. The van der Waals surface area contributed by atoms with Crippen molar-refractivity contribution in [2.24, 2.45) is 0 Å². The minimum absolute atomic E-state index is 0.135. The predicted molar refractivity (Wildman–Crippen MR) is 82.5 cm³/mol. The van der Waals surface area contributed by atoms with Crippen LogP contribution in [0.25, 0.3) is 10.8 Å². The zero-order valence-corrected chi connectivity index (χ0v) is 13.1. The van der Waals surface area contributed by atoms with Crippen molar-refractivity contribution in [1.29, 1.82) is 0 Å². The van der Waals surface area contributed by atoms with E-state index in [9.17, 15) is 4.79 Å². The second-order valence-electron chi connectivity index (χ2n) is 4.61. The molecule has 0 radical (unpaired) electrons. The summed E-state index contributed by atoms with van der Waals surface area (Å²) in [5, 5.41) is 14.8. The fourth-order valence-electron chi connectivity index (χ4n) is 1.79. The van der Waals surface area contributed by atoms with Crippen LogP contribution in [0.4, 0.5) is 0 Å². The van der Waals surface area contributed by atoms with Crippen LogP contribution in [-0.4, -0.2) is 16.1 Å². The van der Waals surface area contributed by atoms with E-state index in [4.69, 9.17) is 4.42 Å². The molecule has 3 aromatic heterocycles. The van der Waals surface area contributed by atoms with Crippen molar-refractivity contribution in [1.82, 2.24) is 15.5 Å². The molecule has 5 nitrogen and oxygen atoms in total. The molecule has 0 saturated carbocycles. The molecule has 0 aliphatic rings. The normalized spacial score (nSPS) is 12.3. The molecule has 3 rings (SSSR count). The number of hydrogen-bond donors (Lipinski definition) is 1. The molecule has 7 heteroatoms. The lowest BCUT2D eigenvalue weighted by Crippen LogP contribution is -2.26. The van der Waals surface area contributed by atoms with Gasteiger partial charge in [0.1, 0.15) is 6.04 Å². The minimum atomic E-state index is -0.332. The first kappa shape index (κ1) is 14.0. The quantitative estimate of drug-likeness (QED) is 0.797. The molecule has 1 amide bonds. The number of aromatic nitrogens is 2. The van der Waals surface area contributed by atoms with Crippen molar-refractivity contribution >= 4 is 28.6 Å². The highest BCUT2D eigenvalue weighted by Gasteiger charge is 2.18. The van der Waals surface area contributed by atoms with Crippen LogP contribution in [0.2, 0.25) is 0 Å². The zero-order chi connectivity index (χ0) is 14.8. The Kier molecular flexibility index (Phi) is 3.85. The van der Waals surface area contributed by atoms with Crippen LogP contribution in [-0.2, 0) is 0 Å². The van der Waals surface area contributed by atoms with Crippen molar-refractivity contribution in [3.63, 3.8) is 0 Å². The molecule has 3 aromatic rings. The molecule has 0 aliphatic carbocycles. The van der Waals surface area contributed by atoms with Crippen LogP contribution in [0.15, 0.2) is 33.4 Å². The number of hydrogen-bond acceptors (Lipinski definition) is 6. The Morgan fingerprint density at radius 3 is 2.90 bits per heavy atom. The highest BCUT2D eigenvalue weighted by atomic mass is 32.1. The summed E-state index contributed by atoms with van der Waals surface area (Å²) in [7, 11) is 0. The van der Waals surface area contributed by atoms with Crippen molar-refractivity contribution < 1.29 is 9.21 Å². The molecule has 0 spiro atoms. The van der Waals surface area contributed by atoms with E-state index in [1.807, 2.05) is 36.7 Å². The van der Waals surface area contributed by atoms with Crippen LogP contribution >= 0.6 is 22.7 Å². The second kappa shape index (κ2) is 5.79. The molecule has 0 aromatic carbocycles. The molecule has 1 atom stereocenters. The van der Waals surface area contributed by atoms with Gasteiger partial charge < -0.3 is 9.73 Å². The number of aryl methyl sites for hydroxylation is 1. The Morgan fingerprint density at radius 2 is 2.24 bits per heavy atom. The number of amides is 1. The highest BCUT2D eigenvalue weighted by molar-refractivity contribution is 7.13. The summed E-state index contributed by atoms with van der Waals surface area (Å²) < 4.78 is 5.64. The fourth-order valence-corrected chi connectivity index (χ4v) is 3.23. The van der Waals surface area contributed by atoms with Gasteiger partial charge in [0.15, 0.2) is 0 Å². The van der Waals surface area contributed by atoms with Crippen LogP contribution in [0.1, 0.15) is 34.1 Å². The van der Waals surface area contributed by atoms with E-state index in [0.717, 1.165) is 10.4 Å². The molecule has 21 heavy (non-hydrogen) atoms. The second-order valence-corrected chi connectivity index (χ2v) is 6.47. The summed E-state index contributed by atoms with van der Waals surface area (Å²) in [4.78, 5) is 13.6. The Labute approximate surface area is 129 Å². The third-order valence-corrected chi connectivity index (χ3v) is 4.75. The highest BCUT2D eigenvalue weighted by Crippen LogP contribution is 2.27. The monoisotopic (exact) mass is 319 g/mol. The number of thiophene rings is 2. The number of carbonyl (C=O) groups excluding carboxylic acids is 1. The van der Waals surface area contributed by atoms with Crippen LogP contribution in [0.3, 0.4) is 0 Å². The average Bonchev–Trinajstić information content (AvgIpc) is 3.19. The first-order valence-corrected chi connectivity index (χ1v) is 8.12. The fraction of sp³-hybridized carbons (Fsp3) is 0.214. The van der Waals surface area contributed by atoms with E-state index in [1.165, 1.54) is 11.3 Å². The van der Waals surface area contributed by atoms with Gasteiger partial charge in [-0.2, -0.15) is 0 Å². The van der Waals surface area contributed by atoms with Gasteiger partial charge in [-0.15, -0.1) is 32.9 Å². The van der Waals surface area contributed by atoms with E-state index < -0.39 is 0 Å². The first-order valence-electron chi connectivity index (χ1n) is 6.37. The minimum Gasteiger partial charge on any atom is -0.418 e. The SMILES string of the molecule is Cc1csc(-c2nnc(C(C)NC(=O)c3cccs3)o2)c1. The summed E-state index contributed by atoms with van der Waals surface area (Å²) >= 11 is 2.95. The van der Waals surface area contributed by atoms with Gasteiger partial charge >= 0.3 is 0 Å². The van der Waals surface area contributed by atoms with Gasteiger partial charge in [-0.3, -0.25) is 4.79 Å². The van der Waals surface area contributed by atoms with Crippen molar-refractivity contribution in [2.45, 2.75) is 19.9 Å². The summed E-state index contributed by atoms with van der Waals surface area (Å²) in [6, 6.07) is 5.28. The largest absolute Gasteiger partial charge is 0.418 e. The Balaban J connectivity index is 1.72. The average molecular weight is 319 g/mol. The van der Waals surface area contributed by atoms with Crippen molar-refractivity contribution in [2.75, 3.05) is 0 Å². The molecule has 108 valence electrons. The molecule has 1 unspecified atom stereocenters. The van der Waals surface area contributed by atoms with Crippen molar-refractivity contribution in [3.8, 4) is 10.8 Å². The van der Waals surface area contributed by atoms with Gasteiger partial charge in [-0.25, -0.2) is 0 Å². The van der Waals surface area contributed by atoms with E-state index in [2.05, 4.69) is 15.5 Å². The van der Waals surface area contributed by atoms with E-state index >= 15 is 0 Å². The van der Waals surface area contributed by atoms with Gasteiger partial charge in [0.2, 0.25) is 5.89 Å². The first-order chi connectivity index (χ1) is 10.1. The number of nitrogens with zero attached hydrogens (tertiary/aromatic N) is 2. The Hall–Kier alpha value is -1.99. The van der Waals surface area contributed by atoms with Gasteiger partial charge in [-0.1, -0.05) is 6.07 Å². The molecule has 1 N–H and O–H groups in total. The van der Waals surface area contributed by atoms with Crippen LogP contribution < -0.4 is 5.32 Å². The molecule has 3 heterocycles. The number of carbonyl (C=O) groups is 1. The molecule has 0 saturated heterocycles. The summed E-state index contributed by atoms with van der Waals surface area (Å²) in [5.74, 6) is 0.755. The lowest BCUT2D eigenvalue weighted by Gasteiger charge is -2.08. The summed E-state index contributed by atoms with van der Waals surface area (Å²) in [5.41, 5.74) is 1.16. The molecule has 0 bridgehead atoms. The zero-order valence-electron chi connectivity index (χ0n) is 11.5. The predicted octanol–water partition coefficient (Wildman–Crippen LogP) is 3.66. The van der Waals surface area contributed by atoms with Crippen LogP contribution in [0, 0.1) is 6.92 Å². The maximum absolute atomic E-state index is 12.0. The maximum Gasteiger partial charge on any atom is 0.261 e. The summed E-state index contributed by atoms with van der Waals surface area (Å²) in [6.07, 6.45) is 0. The standard InChI is InChI=1S/C14H13N3O2S2/c1-8-6-11(21-7-8)14-17-16-13(19-14)9(2)15-12(18)10-4-3-5-20-10/h3-7,9H,1-2H3,(H,15,18). The smallest absolute Gasteiger partial charge is 0.261 e. The number of nitrogens with one attached hydrogen (secondary N) is 1. The van der Waals surface area contributed by atoms with Crippen molar-refractivity contribution in [3.05, 3.63) is 45.3 Å². The van der Waals surface area contributed by atoms with Gasteiger partial charge in [0.05, 0.1) is 9.75 Å². The van der Waals surface area contributed by atoms with Crippen LogP contribution in [0.5, 0.6) is 0 Å². The molecule has 0 fully saturated rings.